The van der Waals surface area contributed by atoms with Gasteiger partial charge in [-0.25, -0.2) is 4.39 Å². The standard InChI is InChI=1S/C20H29FN2O/c1-22-14-16-7-6-12-23(15-16)19(24)20(10-3-2-4-11-20)17-8-5-9-18(21)13-17/h5,8-9,13,16,22H,2-4,6-7,10-12,14-15H2,1H3. The lowest BCUT2D eigenvalue weighted by Crippen LogP contribution is -2.52. The molecule has 1 aliphatic heterocycles. The van der Waals surface area contributed by atoms with Gasteiger partial charge in [0.05, 0.1) is 5.41 Å². The molecule has 1 saturated heterocycles. The van der Waals surface area contributed by atoms with Gasteiger partial charge in [-0.15, -0.1) is 0 Å². The fourth-order valence-corrected chi connectivity index (χ4v) is 4.57. The Morgan fingerprint density at radius 2 is 2.08 bits per heavy atom. The van der Waals surface area contributed by atoms with Crippen molar-refractivity contribution in [1.82, 2.24) is 10.2 Å². The zero-order chi connectivity index (χ0) is 17.0. The Labute approximate surface area is 144 Å². The molecule has 1 aromatic carbocycles. The molecule has 1 aliphatic carbocycles. The summed E-state index contributed by atoms with van der Waals surface area (Å²) in [6.45, 7) is 2.63. The molecular formula is C20H29FN2O. The topological polar surface area (TPSA) is 32.3 Å². The molecule has 3 rings (SSSR count). The van der Waals surface area contributed by atoms with E-state index in [1.165, 1.54) is 18.9 Å². The third kappa shape index (κ3) is 3.49. The van der Waals surface area contributed by atoms with E-state index in [4.69, 9.17) is 0 Å². The zero-order valence-electron chi connectivity index (χ0n) is 14.7. The van der Waals surface area contributed by atoms with Gasteiger partial charge < -0.3 is 10.2 Å². The highest BCUT2D eigenvalue weighted by molar-refractivity contribution is 5.88. The number of halogens is 1. The van der Waals surface area contributed by atoms with Crippen LogP contribution in [0.5, 0.6) is 0 Å². The van der Waals surface area contributed by atoms with Crippen molar-refractivity contribution >= 4 is 5.91 Å². The third-order valence-corrected chi connectivity index (χ3v) is 5.79. The number of rotatable bonds is 4. The van der Waals surface area contributed by atoms with E-state index in [9.17, 15) is 9.18 Å². The lowest BCUT2D eigenvalue weighted by Gasteiger charge is -2.43. The van der Waals surface area contributed by atoms with Crippen molar-refractivity contribution in [1.29, 1.82) is 0 Å². The third-order valence-electron chi connectivity index (χ3n) is 5.79. The summed E-state index contributed by atoms with van der Waals surface area (Å²) >= 11 is 0. The van der Waals surface area contributed by atoms with Crippen LogP contribution in [0.4, 0.5) is 4.39 Å². The molecule has 1 aromatic rings. The minimum atomic E-state index is -0.512. The van der Waals surface area contributed by atoms with E-state index < -0.39 is 5.41 Å². The van der Waals surface area contributed by atoms with E-state index in [2.05, 4.69) is 10.2 Å². The van der Waals surface area contributed by atoms with Crippen molar-refractivity contribution in [3.8, 4) is 0 Å². The fourth-order valence-electron chi connectivity index (χ4n) is 4.57. The van der Waals surface area contributed by atoms with Crippen LogP contribution in [-0.2, 0) is 10.2 Å². The molecule has 4 heteroatoms. The molecule has 1 unspecified atom stereocenters. The number of hydrogen-bond donors (Lipinski definition) is 1. The van der Waals surface area contributed by atoms with E-state index >= 15 is 0 Å². The van der Waals surface area contributed by atoms with Crippen molar-refractivity contribution in [2.75, 3.05) is 26.7 Å². The monoisotopic (exact) mass is 332 g/mol. The minimum Gasteiger partial charge on any atom is -0.342 e. The summed E-state index contributed by atoms with van der Waals surface area (Å²) in [6.07, 6.45) is 7.22. The normalized spacial score (nSPS) is 23.9. The van der Waals surface area contributed by atoms with Gasteiger partial charge in [-0.1, -0.05) is 31.4 Å². The lowest BCUT2D eigenvalue weighted by molar-refractivity contribution is -0.140. The Hall–Kier alpha value is -1.42. The van der Waals surface area contributed by atoms with Crippen LogP contribution in [0.15, 0.2) is 24.3 Å². The maximum Gasteiger partial charge on any atom is 0.233 e. The van der Waals surface area contributed by atoms with Crippen LogP contribution in [0.3, 0.4) is 0 Å². The van der Waals surface area contributed by atoms with Gasteiger partial charge in [-0.3, -0.25) is 4.79 Å². The van der Waals surface area contributed by atoms with Gasteiger partial charge in [-0.2, -0.15) is 0 Å². The molecule has 1 amide bonds. The maximum absolute atomic E-state index is 13.8. The molecular weight excluding hydrogens is 303 g/mol. The number of nitrogens with zero attached hydrogens (tertiary/aromatic N) is 1. The predicted octanol–water partition coefficient (Wildman–Crippen LogP) is 3.49. The van der Waals surface area contributed by atoms with Crippen molar-refractivity contribution in [2.45, 2.75) is 50.4 Å². The van der Waals surface area contributed by atoms with Crippen molar-refractivity contribution in [3.63, 3.8) is 0 Å². The van der Waals surface area contributed by atoms with Gasteiger partial charge in [0, 0.05) is 13.1 Å². The molecule has 1 saturated carbocycles. The fraction of sp³-hybridized carbons (Fsp3) is 0.650. The highest BCUT2D eigenvalue weighted by Crippen LogP contribution is 2.42. The first-order chi connectivity index (χ1) is 11.7. The first-order valence-electron chi connectivity index (χ1n) is 9.36. The Morgan fingerprint density at radius 3 is 2.79 bits per heavy atom. The number of amides is 1. The number of carbonyl (C=O) groups is 1. The summed E-state index contributed by atoms with van der Waals surface area (Å²) in [5, 5.41) is 3.24. The molecule has 0 radical (unpaired) electrons. The molecule has 1 N–H and O–H groups in total. The van der Waals surface area contributed by atoms with E-state index in [0.29, 0.717) is 5.92 Å². The van der Waals surface area contributed by atoms with Crippen LogP contribution < -0.4 is 5.32 Å². The molecule has 0 spiro atoms. The molecule has 1 heterocycles. The van der Waals surface area contributed by atoms with Crippen molar-refractivity contribution < 1.29 is 9.18 Å². The van der Waals surface area contributed by atoms with E-state index in [1.54, 1.807) is 12.1 Å². The number of carbonyl (C=O) groups excluding carboxylic acids is 1. The maximum atomic E-state index is 13.8. The van der Waals surface area contributed by atoms with Crippen LogP contribution >= 0.6 is 0 Å². The molecule has 2 fully saturated rings. The van der Waals surface area contributed by atoms with Gasteiger partial charge in [0.25, 0.3) is 0 Å². The van der Waals surface area contributed by atoms with Crippen LogP contribution in [0.2, 0.25) is 0 Å². The van der Waals surface area contributed by atoms with Crippen LogP contribution in [-0.4, -0.2) is 37.5 Å². The zero-order valence-corrected chi connectivity index (χ0v) is 14.7. The number of likely N-dealkylation sites (tertiary alicyclic amines) is 1. The van der Waals surface area contributed by atoms with Crippen LogP contribution in [0.25, 0.3) is 0 Å². The summed E-state index contributed by atoms with van der Waals surface area (Å²) in [5.74, 6) is 0.520. The Balaban J connectivity index is 1.87. The van der Waals surface area contributed by atoms with Crippen molar-refractivity contribution in [3.05, 3.63) is 35.6 Å². The molecule has 1 atom stereocenters. The number of hydrogen-bond acceptors (Lipinski definition) is 2. The summed E-state index contributed by atoms with van der Waals surface area (Å²) < 4.78 is 13.8. The van der Waals surface area contributed by atoms with E-state index in [-0.39, 0.29) is 11.7 Å². The first kappa shape index (κ1) is 17.4. The molecule has 132 valence electrons. The number of piperidine rings is 1. The average molecular weight is 332 g/mol. The summed E-state index contributed by atoms with van der Waals surface area (Å²) in [6, 6.07) is 6.74. The van der Waals surface area contributed by atoms with Gasteiger partial charge in [0.15, 0.2) is 0 Å². The first-order valence-corrected chi connectivity index (χ1v) is 9.36. The van der Waals surface area contributed by atoms with E-state index in [1.807, 2.05) is 13.1 Å². The average Bonchev–Trinajstić information content (AvgIpc) is 2.62. The molecule has 2 aliphatic rings. The predicted molar refractivity (Wildman–Crippen MR) is 94.4 cm³/mol. The van der Waals surface area contributed by atoms with Gasteiger partial charge >= 0.3 is 0 Å². The number of nitrogens with one attached hydrogen (secondary N) is 1. The van der Waals surface area contributed by atoms with Gasteiger partial charge in [-0.05, 0) is 62.9 Å². The van der Waals surface area contributed by atoms with Crippen LogP contribution in [0, 0.1) is 11.7 Å². The largest absolute Gasteiger partial charge is 0.342 e. The lowest BCUT2D eigenvalue weighted by atomic mass is 9.68. The second-order valence-corrected chi connectivity index (χ2v) is 7.47. The number of benzene rings is 1. The molecule has 24 heavy (non-hydrogen) atoms. The van der Waals surface area contributed by atoms with Gasteiger partial charge in [0.1, 0.15) is 5.82 Å². The highest BCUT2D eigenvalue weighted by Gasteiger charge is 2.44. The second kappa shape index (κ2) is 7.64. The molecule has 0 aromatic heterocycles. The van der Waals surface area contributed by atoms with Gasteiger partial charge in [0.2, 0.25) is 5.91 Å². The SMILES string of the molecule is CNCC1CCCN(C(=O)C2(c3cccc(F)c3)CCCCC2)C1. The minimum absolute atomic E-state index is 0.230. The van der Waals surface area contributed by atoms with E-state index in [0.717, 1.165) is 57.3 Å². The Bertz CT molecular complexity index is 567. The summed E-state index contributed by atoms with van der Waals surface area (Å²) in [4.78, 5) is 15.6. The second-order valence-electron chi connectivity index (χ2n) is 7.47. The smallest absolute Gasteiger partial charge is 0.233 e. The summed E-state index contributed by atoms with van der Waals surface area (Å²) in [7, 11) is 1.97. The molecule has 3 nitrogen and oxygen atoms in total. The van der Waals surface area contributed by atoms with Crippen molar-refractivity contribution in [2.24, 2.45) is 5.92 Å². The molecule has 0 bridgehead atoms. The summed E-state index contributed by atoms with van der Waals surface area (Å²) in [5.41, 5.74) is 0.366. The highest BCUT2D eigenvalue weighted by atomic mass is 19.1. The van der Waals surface area contributed by atoms with Crippen LogP contribution in [0.1, 0.15) is 50.5 Å². The quantitative estimate of drug-likeness (QED) is 0.915. The Kier molecular flexibility index (Phi) is 5.54. The Morgan fingerprint density at radius 1 is 1.29 bits per heavy atom.